The van der Waals surface area contributed by atoms with Gasteiger partial charge in [-0.2, -0.15) is 0 Å². The highest BCUT2D eigenvalue weighted by molar-refractivity contribution is 7.74. The third-order valence-corrected chi connectivity index (χ3v) is 1.23. The first-order valence-corrected chi connectivity index (χ1v) is 4.22. The number of hydrogen-bond acceptors (Lipinski definition) is 4. The molecule has 0 bridgehead atoms. The highest BCUT2D eigenvalue weighted by Crippen LogP contribution is 1.85. The number of unbranched alkanes of at least 4 members (excludes halogenated alkanes) is 1. The Hall–Kier alpha value is -0.620. The molecule has 1 N–H and O–H groups in total. The standard InChI is InChI=1S/C5H11NO4S/c1-2-3-4-6-5(7)10-11(8)9/h2-4H2,1H3,(H,6,7)(H,8,9)/p-1. The Labute approximate surface area is 67.6 Å². The first-order chi connectivity index (χ1) is 5.16. The Morgan fingerprint density at radius 3 is 2.82 bits per heavy atom. The van der Waals surface area contributed by atoms with Crippen molar-refractivity contribution in [3.63, 3.8) is 0 Å². The van der Waals surface area contributed by atoms with Crippen LogP contribution in [0.25, 0.3) is 0 Å². The molecule has 0 saturated heterocycles. The minimum absolute atomic E-state index is 0.437. The summed E-state index contributed by atoms with van der Waals surface area (Å²) in [7, 11) is 0. The molecule has 0 aliphatic carbocycles. The summed E-state index contributed by atoms with van der Waals surface area (Å²) in [5.74, 6) is 0. The lowest BCUT2D eigenvalue weighted by Gasteiger charge is -2.05. The van der Waals surface area contributed by atoms with Crippen LogP contribution < -0.4 is 5.32 Å². The quantitative estimate of drug-likeness (QED) is 0.498. The van der Waals surface area contributed by atoms with Gasteiger partial charge >= 0.3 is 6.09 Å². The molecule has 6 heteroatoms. The monoisotopic (exact) mass is 180 g/mol. The van der Waals surface area contributed by atoms with E-state index in [0.29, 0.717) is 6.54 Å². The summed E-state index contributed by atoms with van der Waals surface area (Å²) in [6, 6.07) is 0. The maximum atomic E-state index is 10.4. The first-order valence-electron chi connectivity index (χ1n) is 3.22. The van der Waals surface area contributed by atoms with Gasteiger partial charge in [0.1, 0.15) is 11.4 Å². The van der Waals surface area contributed by atoms with E-state index in [1.165, 1.54) is 0 Å². The third-order valence-electron chi connectivity index (χ3n) is 0.943. The first kappa shape index (κ1) is 10.4. The Morgan fingerprint density at radius 2 is 2.36 bits per heavy atom. The number of hydrogen-bond donors (Lipinski definition) is 1. The molecule has 0 aromatic rings. The van der Waals surface area contributed by atoms with Gasteiger partial charge in [-0.25, -0.2) is 9.00 Å². The molecule has 5 nitrogen and oxygen atoms in total. The Balaban J connectivity index is 3.30. The molecule has 0 aromatic carbocycles. The summed E-state index contributed by atoms with van der Waals surface area (Å²) in [4.78, 5) is 10.4. The van der Waals surface area contributed by atoms with Gasteiger partial charge in [0.2, 0.25) is 0 Å². The van der Waals surface area contributed by atoms with Crippen molar-refractivity contribution in [1.29, 1.82) is 0 Å². The Kier molecular flexibility index (Phi) is 5.77. The van der Waals surface area contributed by atoms with Crippen LogP contribution >= 0.6 is 0 Å². The lowest BCUT2D eigenvalue weighted by atomic mass is 10.3. The van der Waals surface area contributed by atoms with Gasteiger partial charge < -0.3 is 14.1 Å². The second kappa shape index (κ2) is 6.11. The average Bonchev–Trinajstić information content (AvgIpc) is 1.86. The van der Waals surface area contributed by atoms with Crippen molar-refractivity contribution in [3.8, 4) is 0 Å². The molecule has 66 valence electrons. The summed E-state index contributed by atoms with van der Waals surface area (Å²) in [5.41, 5.74) is 0. The van der Waals surface area contributed by atoms with Crippen molar-refractivity contribution in [1.82, 2.24) is 5.32 Å². The van der Waals surface area contributed by atoms with Crippen LogP contribution in [0.5, 0.6) is 0 Å². The molecular weight excluding hydrogens is 170 g/mol. The van der Waals surface area contributed by atoms with E-state index in [4.69, 9.17) is 0 Å². The molecule has 1 unspecified atom stereocenters. The SMILES string of the molecule is CCCCNC(=O)OS(=O)[O-]. The molecule has 0 rings (SSSR count). The second-order valence-corrected chi connectivity index (χ2v) is 2.43. The third kappa shape index (κ3) is 7.27. The van der Waals surface area contributed by atoms with Crippen LogP contribution in [0.15, 0.2) is 0 Å². The van der Waals surface area contributed by atoms with Crippen LogP contribution in [0.4, 0.5) is 4.79 Å². The molecular formula is C5H10NO4S-. The minimum Gasteiger partial charge on any atom is -0.740 e. The van der Waals surface area contributed by atoms with Crippen molar-refractivity contribution in [2.75, 3.05) is 6.54 Å². The molecule has 0 aliphatic rings. The molecule has 1 atom stereocenters. The van der Waals surface area contributed by atoms with E-state index in [1.54, 1.807) is 0 Å². The van der Waals surface area contributed by atoms with Gasteiger partial charge in [0.15, 0.2) is 0 Å². The molecule has 11 heavy (non-hydrogen) atoms. The van der Waals surface area contributed by atoms with E-state index in [0.717, 1.165) is 12.8 Å². The zero-order valence-electron chi connectivity index (χ0n) is 6.16. The molecule has 0 heterocycles. The number of amides is 1. The van der Waals surface area contributed by atoms with Crippen molar-refractivity contribution in [3.05, 3.63) is 0 Å². The van der Waals surface area contributed by atoms with E-state index in [1.807, 2.05) is 6.92 Å². The van der Waals surface area contributed by atoms with Gasteiger partial charge in [0.25, 0.3) is 0 Å². The molecule has 0 aliphatic heterocycles. The van der Waals surface area contributed by atoms with Crippen LogP contribution in [-0.2, 0) is 15.5 Å². The summed E-state index contributed by atoms with van der Waals surface area (Å²) in [6.45, 7) is 2.39. The summed E-state index contributed by atoms with van der Waals surface area (Å²) < 4.78 is 23.3. The average molecular weight is 180 g/mol. The Bertz CT molecular complexity index is 149. The maximum Gasteiger partial charge on any atom is 0.420 e. The number of carbonyl (C=O) groups is 1. The van der Waals surface area contributed by atoms with E-state index in [2.05, 4.69) is 9.50 Å². The molecule has 0 saturated carbocycles. The maximum absolute atomic E-state index is 10.4. The summed E-state index contributed by atoms with van der Waals surface area (Å²) >= 11 is -2.76. The molecule has 1 amide bonds. The summed E-state index contributed by atoms with van der Waals surface area (Å²) in [5, 5.41) is 2.26. The van der Waals surface area contributed by atoms with Crippen LogP contribution in [0.3, 0.4) is 0 Å². The number of carbonyl (C=O) groups excluding carboxylic acids is 1. The fraction of sp³-hybridized carbons (Fsp3) is 0.800. The molecule has 0 spiro atoms. The van der Waals surface area contributed by atoms with E-state index in [-0.39, 0.29) is 0 Å². The van der Waals surface area contributed by atoms with Gasteiger partial charge in [-0.1, -0.05) is 13.3 Å². The molecule has 0 fully saturated rings. The van der Waals surface area contributed by atoms with Gasteiger partial charge in [-0.15, -0.1) is 0 Å². The van der Waals surface area contributed by atoms with Crippen LogP contribution in [0.1, 0.15) is 19.8 Å². The zero-order chi connectivity index (χ0) is 8.69. The largest absolute Gasteiger partial charge is 0.740 e. The van der Waals surface area contributed by atoms with Crippen molar-refractivity contribution in [2.45, 2.75) is 19.8 Å². The predicted molar refractivity (Wildman–Crippen MR) is 38.3 cm³/mol. The zero-order valence-corrected chi connectivity index (χ0v) is 6.98. The Morgan fingerprint density at radius 1 is 1.73 bits per heavy atom. The fourth-order valence-electron chi connectivity index (χ4n) is 0.458. The van der Waals surface area contributed by atoms with Crippen molar-refractivity contribution in [2.24, 2.45) is 0 Å². The van der Waals surface area contributed by atoms with E-state index >= 15 is 0 Å². The van der Waals surface area contributed by atoms with Crippen LogP contribution in [0, 0.1) is 0 Å². The van der Waals surface area contributed by atoms with E-state index in [9.17, 15) is 13.6 Å². The predicted octanol–water partition coefficient (Wildman–Crippen LogP) is 0.307. The number of nitrogens with one attached hydrogen (secondary N) is 1. The highest BCUT2D eigenvalue weighted by Gasteiger charge is 1.98. The fourth-order valence-corrected chi connectivity index (χ4v) is 0.641. The van der Waals surface area contributed by atoms with Crippen LogP contribution in [0.2, 0.25) is 0 Å². The van der Waals surface area contributed by atoms with E-state index < -0.39 is 17.5 Å². The van der Waals surface area contributed by atoms with Crippen LogP contribution in [-0.4, -0.2) is 21.4 Å². The molecule has 0 aromatic heterocycles. The van der Waals surface area contributed by atoms with Gasteiger partial charge in [0, 0.05) is 6.54 Å². The van der Waals surface area contributed by atoms with Gasteiger partial charge in [0.05, 0.1) is 0 Å². The minimum atomic E-state index is -2.76. The normalized spacial score (nSPS) is 12.2. The van der Waals surface area contributed by atoms with Crippen molar-refractivity contribution < 1.29 is 17.7 Å². The van der Waals surface area contributed by atoms with Gasteiger partial charge in [-0.05, 0) is 6.42 Å². The topological polar surface area (TPSA) is 78.5 Å². The van der Waals surface area contributed by atoms with Gasteiger partial charge in [-0.3, -0.25) is 0 Å². The smallest absolute Gasteiger partial charge is 0.420 e. The lowest BCUT2D eigenvalue weighted by molar-refractivity contribution is 0.200. The second-order valence-electron chi connectivity index (χ2n) is 1.86. The molecule has 0 radical (unpaired) electrons. The lowest BCUT2D eigenvalue weighted by Crippen LogP contribution is -2.25. The van der Waals surface area contributed by atoms with Crippen molar-refractivity contribution >= 4 is 17.5 Å². The highest BCUT2D eigenvalue weighted by atomic mass is 32.2. The summed E-state index contributed by atoms with van der Waals surface area (Å²) in [6.07, 6.45) is 0.813. The number of rotatable bonds is 4.